The SMILES string of the molecule is CCNC(=NCCc1cccc(C(=O)N(C)C)c1)NC1CCCC(CC)C1.I. The molecule has 0 bridgehead atoms. The fourth-order valence-electron chi connectivity index (χ4n) is 3.72. The maximum Gasteiger partial charge on any atom is 0.253 e. The summed E-state index contributed by atoms with van der Waals surface area (Å²) in [5.41, 5.74) is 1.88. The lowest BCUT2D eigenvalue weighted by Gasteiger charge is -2.30. The van der Waals surface area contributed by atoms with Gasteiger partial charge < -0.3 is 15.5 Å². The maximum absolute atomic E-state index is 12.1. The van der Waals surface area contributed by atoms with E-state index in [-0.39, 0.29) is 29.9 Å². The van der Waals surface area contributed by atoms with E-state index in [9.17, 15) is 4.79 Å². The molecule has 2 atom stereocenters. The third-order valence-corrected chi connectivity index (χ3v) is 5.30. The van der Waals surface area contributed by atoms with Gasteiger partial charge in [0.1, 0.15) is 0 Å². The van der Waals surface area contributed by atoms with Gasteiger partial charge in [0.25, 0.3) is 5.91 Å². The summed E-state index contributed by atoms with van der Waals surface area (Å²) in [6, 6.07) is 8.39. The number of amides is 1. The molecule has 28 heavy (non-hydrogen) atoms. The van der Waals surface area contributed by atoms with Crippen LogP contribution >= 0.6 is 24.0 Å². The molecule has 2 rings (SSSR count). The highest BCUT2D eigenvalue weighted by molar-refractivity contribution is 14.0. The first-order valence-electron chi connectivity index (χ1n) is 10.4. The second kappa shape index (κ2) is 13.0. The Hall–Kier alpha value is -1.31. The fraction of sp³-hybridized carbons (Fsp3) is 0.636. The Morgan fingerprint density at radius 1 is 1.25 bits per heavy atom. The summed E-state index contributed by atoms with van der Waals surface area (Å²) in [6.45, 7) is 5.96. The maximum atomic E-state index is 12.1. The third kappa shape index (κ3) is 7.97. The summed E-state index contributed by atoms with van der Waals surface area (Å²) in [5, 5.41) is 7.00. The molecule has 0 spiro atoms. The second-order valence-electron chi connectivity index (χ2n) is 7.69. The van der Waals surface area contributed by atoms with Crippen LogP contribution in [0.5, 0.6) is 0 Å². The van der Waals surface area contributed by atoms with Crippen LogP contribution in [-0.4, -0.2) is 50.0 Å². The summed E-state index contributed by atoms with van der Waals surface area (Å²) >= 11 is 0. The number of hydrogen-bond acceptors (Lipinski definition) is 2. The molecule has 0 saturated heterocycles. The van der Waals surface area contributed by atoms with Crippen molar-refractivity contribution < 1.29 is 4.79 Å². The van der Waals surface area contributed by atoms with Crippen LogP contribution in [0.3, 0.4) is 0 Å². The lowest BCUT2D eigenvalue weighted by atomic mass is 9.84. The Balaban J connectivity index is 0.00000392. The predicted molar refractivity (Wildman–Crippen MR) is 129 cm³/mol. The average molecular weight is 500 g/mol. The standard InChI is InChI=1S/C22H36N4O.HI/c1-5-17-9-8-12-20(16-17)25-22(23-6-2)24-14-13-18-10-7-11-19(15-18)21(27)26(3)4;/h7,10-11,15,17,20H,5-6,8-9,12-14,16H2,1-4H3,(H2,23,24,25);1H. The second-order valence-corrected chi connectivity index (χ2v) is 7.69. The highest BCUT2D eigenvalue weighted by atomic mass is 127. The van der Waals surface area contributed by atoms with E-state index < -0.39 is 0 Å². The Kier molecular flexibility index (Phi) is 11.5. The normalized spacial score (nSPS) is 19.5. The van der Waals surface area contributed by atoms with Crippen LogP contribution in [0.1, 0.15) is 61.9 Å². The number of halogens is 1. The van der Waals surface area contributed by atoms with E-state index in [4.69, 9.17) is 4.99 Å². The lowest BCUT2D eigenvalue weighted by Crippen LogP contribution is -2.45. The molecule has 1 aliphatic rings. The van der Waals surface area contributed by atoms with Crippen molar-refractivity contribution in [1.82, 2.24) is 15.5 Å². The van der Waals surface area contributed by atoms with Crippen LogP contribution in [-0.2, 0) is 6.42 Å². The van der Waals surface area contributed by atoms with Crippen LogP contribution in [0.25, 0.3) is 0 Å². The number of benzene rings is 1. The molecule has 1 fully saturated rings. The van der Waals surface area contributed by atoms with Crippen molar-refractivity contribution in [3.63, 3.8) is 0 Å². The molecule has 1 aromatic carbocycles. The molecule has 0 radical (unpaired) electrons. The van der Waals surface area contributed by atoms with Gasteiger partial charge in [0.15, 0.2) is 5.96 Å². The summed E-state index contributed by atoms with van der Waals surface area (Å²) in [4.78, 5) is 18.5. The number of hydrogen-bond donors (Lipinski definition) is 2. The third-order valence-electron chi connectivity index (χ3n) is 5.30. The topological polar surface area (TPSA) is 56.7 Å². The van der Waals surface area contributed by atoms with Crippen LogP contribution in [0.15, 0.2) is 29.3 Å². The minimum Gasteiger partial charge on any atom is -0.357 e. The van der Waals surface area contributed by atoms with Crippen molar-refractivity contribution in [3.05, 3.63) is 35.4 Å². The first-order valence-corrected chi connectivity index (χ1v) is 10.4. The van der Waals surface area contributed by atoms with Crippen LogP contribution in [0.2, 0.25) is 0 Å². The summed E-state index contributed by atoms with van der Waals surface area (Å²) in [5.74, 6) is 1.80. The Bertz CT molecular complexity index is 633. The molecule has 0 heterocycles. The molecule has 6 heteroatoms. The molecule has 5 nitrogen and oxygen atoms in total. The van der Waals surface area contributed by atoms with Crippen molar-refractivity contribution in [1.29, 1.82) is 0 Å². The van der Waals surface area contributed by atoms with Crippen molar-refractivity contribution in [2.45, 2.75) is 58.4 Å². The van der Waals surface area contributed by atoms with Gasteiger partial charge in [-0.15, -0.1) is 24.0 Å². The number of carbonyl (C=O) groups is 1. The number of nitrogens with zero attached hydrogens (tertiary/aromatic N) is 2. The number of nitrogens with one attached hydrogen (secondary N) is 2. The van der Waals surface area contributed by atoms with Crippen molar-refractivity contribution in [3.8, 4) is 0 Å². The Labute approximate surface area is 187 Å². The van der Waals surface area contributed by atoms with E-state index in [1.165, 1.54) is 32.1 Å². The summed E-state index contributed by atoms with van der Waals surface area (Å²) in [6.07, 6.45) is 7.25. The number of carbonyl (C=O) groups excluding carboxylic acids is 1. The van der Waals surface area contributed by atoms with Gasteiger partial charge in [-0.1, -0.05) is 38.3 Å². The molecular weight excluding hydrogens is 463 g/mol. The van der Waals surface area contributed by atoms with Gasteiger partial charge in [0.2, 0.25) is 0 Å². The van der Waals surface area contributed by atoms with Gasteiger partial charge in [-0.3, -0.25) is 9.79 Å². The van der Waals surface area contributed by atoms with Crippen molar-refractivity contribution in [2.24, 2.45) is 10.9 Å². The predicted octanol–water partition coefficient (Wildman–Crippen LogP) is 4.07. The Morgan fingerprint density at radius 2 is 2.04 bits per heavy atom. The first-order chi connectivity index (χ1) is 13.0. The molecule has 0 aliphatic heterocycles. The smallest absolute Gasteiger partial charge is 0.253 e. The van der Waals surface area contributed by atoms with Gasteiger partial charge in [-0.25, -0.2) is 0 Å². The van der Waals surface area contributed by atoms with Gasteiger partial charge in [-0.2, -0.15) is 0 Å². The number of aliphatic imine (C=N–C) groups is 1. The molecule has 0 aromatic heterocycles. The number of rotatable bonds is 7. The number of guanidine groups is 1. The highest BCUT2D eigenvalue weighted by Crippen LogP contribution is 2.26. The lowest BCUT2D eigenvalue weighted by molar-refractivity contribution is 0.0827. The zero-order chi connectivity index (χ0) is 19.6. The molecule has 2 N–H and O–H groups in total. The molecule has 1 aliphatic carbocycles. The zero-order valence-electron chi connectivity index (χ0n) is 17.8. The largest absolute Gasteiger partial charge is 0.357 e. The van der Waals surface area contributed by atoms with E-state index in [2.05, 4.69) is 30.5 Å². The molecular formula is C22H37IN4O. The molecule has 1 amide bonds. The van der Waals surface area contributed by atoms with E-state index in [0.29, 0.717) is 12.6 Å². The van der Waals surface area contributed by atoms with Crippen molar-refractivity contribution in [2.75, 3.05) is 27.2 Å². The van der Waals surface area contributed by atoms with Crippen LogP contribution in [0, 0.1) is 5.92 Å². The van der Waals surface area contributed by atoms with Crippen LogP contribution in [0.4, 0.5) is 0 Å². The van der Waals surface area contributed by atoms with Gasteiger partial charge >= 0.3 is 0 Å². The first kappa shape index (κ1) is 24.7. The van der Waals surface area contributed by atoms with E-state index in [0.717, 1.165) is 36.0 Å². The molecule has 1 saturated carbocycles. The quantitative estimate of drug-likeness (QED) is 0.337. The highest BCUT2D eigenvalue weighted by Gasteiger charge is 2.21. The minimum absolute atomic E-state index is 0. The summed E-state index contributed by atoms with van der Waals surface area (Å²) < 4.78 is 0. The Morgan fingerprint density at radius 3 is 2.71 bits per heavy atom. The summed E-state index contributed by atoms with van der Waals surface area (Å²) in [7, 11) is 3.56. The average Bonchev–Trinajstić information content (AvgIpc) is 2.68. The van der Waals surface area contributed by atoms with Gasteiger partial charge in [-0.05, 0) is 49.8 Å². The van der Waals surface area contributed by atoms with Crippen molar-refractivity contribution >= 4 is 35.8 Å². The molecule has 158 valence electrons. The fourth-order valence-corrected chi connectivity index (χ4v) is 3.72. The van der Waals surface area contributed by atoms with E-state index in [1.807, 2.05) is 18.2 Å². The molecule has 2 unspecified atom stereocenters. The zero-order valence-corrected chi connectivity index (χ0v) is 20.2. The van der Waals surface area contributed by atoms with E-state index in [1.54, 1.807) is 19.0 Å². The van der Waals surface area contributed by atoms with Crippen LogP contribution < -0.4 is 10.6 Å². The van der Waals surface area contributed by atoms with E-state index >= 15 is 0 Å². The van der Waals surface area contributed by atoms with Gasteiger partial charge in [0, 0.05) is 38.8 Å². The monoisotopic (exact) mass is 500 g/mol. The minimum atomic E-state index is 0. The molecule has 1 aromatic rings. The van der Waals surface area contributed by atoms with Gasteiger partial charge in [0.05, 0.1) is 0 Å².